The van der Waals surface area contributed by atoms with Crippen LogP contribution in [0, 0.1) is 0 Å². The van der Waals surface area contributed by atoms with E-state index in [0.717, 1.165) is 25.1 Å². The quantitative estimate of drug-likeness (QED) is 0.750. The van der Waals surface area contributed by atoms with Crippen LogP contribution in [0.15, 0.2) is 42.5 Å². The molecule has 0 bridgehead atoms. The molecule has 0 radical (unpaired) electrons. The molecule has 1 heterocycles. The average Bonchev–Trinajstić information content (AvgIpc) is 2.71. The molecule has 1 N–H and O–H groups in total. The molecular weight excluding hydrogens is 352 g/mol. The first-order valence-corrected chi connectivity index (χ1v) is 9.73. The third-order valence-electron chi connectivity index (χ3n) is 5.42. The van der Waals surface area contributed by atoms with Crippen LogP contribution in [0.1, 0.15) is 40.9 Å². The number of hydrogen-bond donors (Lipinski definition) is 1. The molecule has 1 aliphatic heterocycles. The Kier molecular flexibility index (Phi) is 6.47. The number of nitrogens with zero attached hydrogens (tertiary/aromatic N) is 1. The van der Waals surface area contributed by atoms with E-state index in [-0.39, 0.29) is 24.2 Å². The van der Waals surface area contributed by atoms with Crippen LogP contribution >= 0.6 is 0 Å². The van der Waals surface area contributed by atoms with Gasteiger partial charge in [-0.05, 0) is 49.6 Å². The summed E-state index contributed by atoms with van der Waals surface area (Å²) in [6.07, 6.45) is 1.24. The number of rotatable bonds is 7. The van der Waals surface area contributed by atoms with Gasteiger partial charge in [-0.25, -0.2) is 0 Å². The lowest BCUT2D eigenvalue weighted by Crippen LogP contribution is -2.44. The van der Waals surface area contributed by atoms with Crippen molar-refractivity contribution in [3.63, 3.8) is 0 Å². The van der Waals surface area contributed by atoms with Gasteiger partial charge in [-0.2, -0.15) is 0 Å². The van der Waals surface area contributed by atoms with E-state index in [2.05, 4.69) is 41.4 Å². The van der Waals surface area contributed by atoms with Crippen LogP contribution in [-0.4, -0.2) is 42.8 Å². The Morgan fingerprint density at radius 3 is 2.64 bits per heavy atom. The van der Waals surface area contributed by atoms with Gasteiger partial charge in [0.1, 0.15) is 5.75 Å². The maximum absolute atomic E-state index is 12.5. The minimum atomic E-state index is -0.0664. The van der Waals surface area contributed by atoms with Crippen molar-refractivity contribution in [2.45, 2.75) is 39.3 Å². The van der Waals surface area contributed by atoms with E-state index >= 15 is 0 Å². The third kappa shape index (κ3) is 4.78. The standard InChI is InChI=1S/C23H28N2O3/c1-16(25-11-10-18-6-4-5-7-20(18)15-25)14-24-23(27)13-21-12-19(17(2)26)8-9-22(21)28-3/h4-9,12,16H,10-11,13-15H2,1-3H3,(H,24,27). The molecule has 0 saturated carbocycles. The van der Waals surface area contributed by atoms with Crippen LogP contribution in [0.25, 0.3) is 0 Å². The summed E-state index contributed by atoms with van der Waals surface area (Å²) in [5.41, 5.74) is 4.11. The molecule has 0 aromatic heterocycles. The van der Waals surface area contributed by atoms with Crippen LogP contribution < -0.4 is 10.1 Å². The van der Waals surface area contributed by atoms with Crippen molar-refractivity contribution in [1.82, 2.24) is 10.2 Å². The van der Waals surface area contributed by atoms with Crippen LogP contribution in [0.4, 0.5) is 0 Å². The fourth-order valence-electron chi connectivity index (χ4n) is 3.66. The summed E-state index contributed by atoms with van der Waals surface area (Å²) in [6, 6.07) is 14.0. The molecule has 1 atom stereocenters. The Morgan fingerprint density at radius 2 is 1.93 bits per heavy atom. The van der Waals surface area contributed by atoms with Gasteiger partial charge in [0.25, 0.3) is 0 Å². The average molecular weight is 380 g/mol. The number of ether oxygens (including phenoxy) is 1. The predicted octanol–water partition coefficient (Wildman–Crippen LogP) is 3.00. The molecule has 0 saturated heterocycles. The summed E-state index contributed by atoms with van der Waals surface area (Å²) in [7, 11) is 1.57. The van der Waals surface area contributed by atoms with Gasteiger partial charge in [-0.15, -0.1) is 0 Å². The van der Waals surface area contributed by atoms with E-state index < -0.39 is 0 Å². The number of fused-ring (bicyclic) bond motifs is 1. The van der Waals surface area contributed by atoms with Crippen LogP contribution in [0.3, 0.4) is 0 Å². The third-order valence-corrected chi connectivity index (χ3v) is 5.42. The first-order valence-electron chi connectivity index (χ1n) is 9.73. The molecule has 0 aliphatic carbocycles. The molecule has 1 amide bonds. The summed E-state index contributed by atoms with van der Waals surface area (Å²) in [5.74, 6) is 0.535. The lowest BCUT2D eigenvalue weighted by Gasteiger charge is -2.33. The van der Waals surface area contributed by atoms with E-state index in [9.17, 15) is 9.59 Å². The van der Waals surface area contributed by atoms with E-state index in [1.807, 2.05) is 0 Å². The van der Waals surface area contributed by atoms with Gasteiger partial charge in [0.15, 0.2) is 5.78 Å². The van der Waals surface area contributed by atoms with E-state index in [1.54, 1.807) is 25.3 Å². The number of benzene rings is 2. The van der Waals surface area contributed by atoms with Crippen molar-refractivity contribution in [3.8, 4) is 5.75 Å². The van der Waals surface area contributed by atoms with Gasteiger partial charge in [-0.1, -0.05) is 24.3 Å². The number of methoxy groups -OCH3 is 1. The van der Waals surface area contributed by atoms with Crippen molar-refractivity contribution in [2.24, 2.45) is 0 Å². The van der Waals surface area contributed by atoms with Crippen molar-refractivity contribution in [3.05, 3.63) is 64.7 Å². The zero-order valence-corrected chi connectivity index (χ0v) is 16.8. The van der Waals surface area contributed by atoms with Gasteiger partial charge in [0.05, 0.1) is 13.5 Å². The summed E-state index contributed by atoms with van der Waals surface area (Å²) in [4.78, 5) is 26.5. The zero-order valence-electron chi connectivity index (χ0n) is 16.8. The number of Topliss-reactive ketones (excluding diaryl/α,β-unsaturated/α-hetero) is 1. The Hall–Kier alpha value is -2.66. The normalized spacial score (nSPS) is 14.8. The lowest BCUT2D eigenvalue weighted by atomic mass is 9.99. The highest BCUT2D eigenvalue weighted by Gasteiger charge is 2.21. The predicted molar refractivity (Wildman–Crippen MR) is 110 cm³/mol. The summed E-state index contributed by atoms with van der Waals surface area (Å²) in [5, 5.41) is 3.03. The number of carbonyl (C=O) groups excluding carboxylic acids is 2. The van der Waals surface area contributed by atoms with E-state index in [4.69, 9.17) is 4.74 Å². The number of nitrogens with one attached hydrogen (secondary N) is 1. The molecule has 28 heavy (non-hydrogen) atoms. The van der Waals surface area contributed by atoms with E-state index in [1.165, 1.54) is 18.1 Å². The Morgan fingerprint density at radius 1 is 1.18 bits per heavy atom. The molecular formula is C23H28N2O3. The second-order valence-corrected chi connectivity index (χ2v) is 7.40. The fourth-order valence-corrected chi connectivity index (χ4v) is 3.66. The second-order valence-electron chi connectivity index (χ2n) is 7.40. The molecule has 148 valence electrons. The first-order chi connectivity index (χ1) is 13.5. The highest BCUT2D eigenvalue weighted by molar-refractivity contribution is 5.94. The van der Waals surface area contributed by atoms with Crippen molar-refractivity contribution < 1.29 is 14.3 Å². The van der Waals surface area contributed by atoms with Crippen molar-refractivity contribution >= 4 is 11.7 Å². The maximum Gasteiger partial charge on any atom is 0.224 e. The molecule has 5 nitrogen and oxygen atoms in total. The maximum atomic E-state index is 12.5. The second kappa shape index (κ2) is 9.02. The van der Waals surface area contributed by atoms with Gasteiger partial charge in [0.2, 0.25) is 5.91 Å². The number of ketones is 1. The molecule has 2 aromatic carbocycles. The monoisotopic (exact) mass is 380 g/mol. The first kappa shape index (κ1) is 20.1. The topological polar surface area (TPSA) is 58.6 Å². The summed E-state index contributed by atoms with van der Waals surface area (Å²) >= 11 is 0. The fraction of sp³-hybridized carbons (Fsp3) is 0.391. The minimum absolute atomic E-state index is 0.0247. The summed E-state index contributed by atoms with van der Waals surface area (Å²) in [6.45, 7) is 6.18. The molecule has 1 unspecified atom stereocenters. The molecule has 2 aromatic rings. The van der Waals surface area contributed by atoms with Crippen molar-refractivity contribution in [1.29, 1.82) is 0 Å². The minimum Gasteiger partial charge on any atom is -0.496 e. The Balaban J connectivity index is 1.56. The number of hydrogen-bond acceptors (Lipinski definition) is 4. The van der Waals surface area contributed by atoms with Gasteiger partial charge in [0, 0.05) is 36.8 Å². The molecule has 0 fully saturated rings. The smallest absolute Gasteiger partial charge is 0.224 e. The zero-order chi connectivity index (χ0) is 20.1. The van der Waals surface area contributed by atoms with Crippen LogP contribution in [0.2, 0.25) is 0 Å². The highest BCUT2D eigenvalue weighted by atomic mass is 16.5. The number of carbonyl (C=O) groups is 2. The summed E-state index contributed by atoms with van der Waals surface area (Å²) < 4.78 is 5.34. The molecule has 3 rings (SSSR count). The number of amides is 1. The van der Waals surface area contributed by atoms with E-state index in [0.29, 0.717) is 17.9 Å². The Bertz CT molecular complexity index is 863. The Labute approximate surface area is 166 Å². The molecule has 5 heteroatoms. The largest absolute Gasteiger partial charge is 0.496 e. The van der Waals surface area contributed by atoms with Crippen LogP contribution in [0.5, 0.6) is 5.75 Å². The lowest BCUT2D eigenvalue weighted by molar-refractivity contribution is -0.120. The SMILES string of the molecule is COc1ccc(C(C)=O)cc1CC(=O)NCC(C)N1CCc2ccccc2C1. The highest BCUT2D eigenvalue weighted by Crippen LogP contribution is 2.22. The molecule has 0 spiro atoms. The van der Waals surface area contributed by atoms with Gasteiger partial charge >= 0.3 is 0 Å². The van der Waals surface area contributed by atoms with Gasteiger partial charge < -0.3 is 10.1 Å². The van der Waals surface area contributed by atoms with Gasteiger partial charge in [-0.3, -0.25) is 14.5 Å². The molecule has 1 aliphatic rings. The van der Waals surface area contributed by atoms with Crippen LogP contribution in [-0.2, 0) is 24.2 Å². The van der Waals surface area contributed by atoms with Crippen molar-refractivity contribution in [2.75, 3.05) is 20.2 Å².